The number of rotatable bonds is 9. The number of aromatic nitrogens is 1. The highest BCUT2D eigenvalue weighted by atomic mass is 32.1. The third-order valence-corrected chi connectivity index (χ3v) is 4.91. The molecule has 0 aliphatic heterocycles. The van der Waals surface area contributed by atoms with Crippen molar-refractivity contribution in [3.8, 4) is 5.75 Å². The van der Waals surface area contributed by atoms with Crippen LogP contribution in [0.4, 0.5) is 4.39 Å². The van der Waals surface area contributed by atoms with Crippen molar-refractivity contribution in [1.82, 2.24) is 10.3 Å². The molecule has 30 heavy (non-hydrogen) atoms. The summed E-state index contributed by atoms with van der Waals surface area (Å²) in [6.07, 6.45) is 0.0588. The number of carbonyl (C=O) groups excluding carboxylic acids is 2. The minimum absolute atomic E-state index is 0.0469. The number of benzene rings is 2. The molecule has 1 amide bonds. The van der Waals surface area contributed by atoms with Crippen molar-refractivity contribution in [2.75, 3.05) is 0 Å². The summed E-state index contributed by atoms with van der Waals surface area (Å²) >= 11 is 1.39. The van der Waals surface area contributed by atoms with Crippen molar-refractivity contribution in [3.63, 3.8) is 0 Å². The molecule has 0 spiro atoms. The molecule has 1 unspecified atom stereocenters. The Labute approximate surface area is 177 Å². The van der Waals surface area contributed by atoms with Gasteiger partial charge in [0.15, 0.2) is 0 Å². The minimum atomic E-state index is -0.423. The summed E-state index contributed by atoms with van der Waals surface area (Å²) in [7, 11) is 0. The Morgan fingerprint density at radius 2 is 1.83 bits per heavy atom. The number of nitrogens with one attached hydrogen (secondary N) is 1. The van der Waals surface area contributed by atoms with Gasteiger partial charge in [-0.05, 0) is 43.3 Å². The second kappa shape index (κ2) is 10.5. The fourth-order valence-electron chi connectivity index (χ4n) is 2.57. The van der Waals surface area contributed by atoms with E-state index >= 15 is 0 Å². The summed E-state index contributed by atoms with van der Waals surface area (Å²) < 4.78 is 23.7. The van der Waals surface area contributed by atoms with E-state index in [2.05, 4.69) is 10.3 Å². The van der Waals surface area contributed by atoms with E-state index in [1.807, 2.05) is 6.07 Å². The van der Waals surface area contributed by atoms with Gasteiger partial charge in [0, 0.05) is 17.0 Å². The van der Waals surface area contributed by atoms with E-state index in [9.17, 15) is 14.0 Å². The average Bonchev–Trinajstić information content (AvgIpc) is 3.20. The van der Waals surface area contributed by atoms with Crippen LogP contribution in [0.3, 0.4) is 0 Å². The van der Waals surface area contributed by atoms with Crippen LogP contribution in [0.25, 0.3) is 0 Å². The van der Waals surface area contributed by atoms with Crippen molar-refractivity contribution in [2.45, 2.75) is 32.6 Å². The molecule has 1 atom stereocenters. The molecule has 1 heterocycles. The Balaban J connectivity index is 1.39. The van der Waals surface area contributed by atoms with Crippen LogP contribution in [0.1, 0.15) is 34.4 Å². The standard InChI is InChI=1S/C22H21FN2O4S/c1-15(24-22(27)16-5-3-2-4-6-16)11-21(26)29-12-18-14-30-20(25-18)13-28-19-9-7-17(23)8-10-19/h2-10,14-15H,11-13H2,1H3,(H,24,27). The Hall–Kier alpha value is -3.26. The van der Waals surface area contributed by atoms with Gasteiger partial charge in [0.1, 0.15) is 29.8 Å². The lowest BCUT2D eigenvalue weighted by Gasteiger charge is -2.13. The van der Waals surface area contributed by atoms with Crippen LogP contribution >= 0.6 is 11.3 Å². The van der Waals surface area contributed by atoms with Crippen LogP contribution in [0.2, 0.25) is 0 Å². The quantitative estimate of drug-likeness (QED) is 0.519. The van der Waals surface area contributed by atoms with Crippen LogP contribution < -0.4 is 10.1 Å². The number of hydrogen-bond donors (Lipinski definition) is 1. The molecule has 8 heteroatoms. The van der Waals surface area contributed by atoms with Gasteiger partial charge in [-0.25, -0.2) is 9.37 Å². The van der Waals surface area contributed by atoms with Gasteiger partial charge in [-0.15, -0.1) is 11.3 Å². The number of nitrogens with zero attached hydrogens (tertiary/aromatic N) is 1. The first-order valence-corrected chi connectivity index (χ1v) is 10.2. The molecule has 0 radical (unpaired) electrons. The second-order valence-electron chi connectivity index (χ2n) is 6.58. The van der Waals surface area contributed by atoms with E-state index in [1.54, 1.807) is 48.7 Å². The molecule has 3 aromatic rings. The lowest BCUT2D eigenvalue weighted by Crippen LogP contribution is -2.34. The van der Waals surface area contributed by atoms with Crippen LogP contribution in [0.5, 0.6) is 5.75 Å². The van der Waals surface area contributed by atoms with Crippen LogP contribution in [-0.2, 0) is 22.7 Å². The number of hydrogen-bond acceptors (Lipinski definition) is 6. The van der Waals surface area contributed by atoms with Crippen LogP contribution in [-0.4, -0.2) is 22.9 Å². The number of ether oxygens (including phenoxy) is 2. The maximum atomic E-state index is 12.9. The summed E-state index contributed by atoms with van der Waals surface area (Å²) in [6.45, 7) is 2.04. The SMILES string of the molecule is CC(CC(=O)OCc1csc(COc2ccc(F)cc2)n1)NC(=O)c1ccccc1. The summed E-state index contributed by atoms with van der Waals surface area (Å²) in [5.41, 5.74) is 1.16. The molecule has 1 N–H and O–H groups in total. The molecule has 156 valence electrons. The zero-order valence-electron chi connectivity index (χ0n) is 16.3. The predicted molar refractivity (Wildman–Crippen MR) is 111 cm³/mol. The van der Waals surface area contributed by atoms with Crippen LogP contribution in [0.15, 0.2) is 60.0 Å². The smallest absolute Gasteiger partial charge is 0.308 e. The van der Waals surface area contributed by atoms with Crippen molar-refractivity contribution < 1.29 is 23.5 Å². The molecule has 0 fully saturated rings. The zero-order valence-corrected chi connectivity index (χ0v) is 17.2. The largest absolute Gasteiger partial charge is 0.486 e. The summed E-state index contributed by atoms with van der Waals surface area (Å²) in [6, 6.07) is 14.2. The van der Waals surface area contributed by atoms with E-state index in [1.165, 1.54) is 23.5 Å². The van der Waals surface area contributed by atoms with Gasteiger partial charge in [-0.2, -0.15) is 0 Å². The third kappa shape index (κ3) is 6.66. The Morgan fingerprint density at radius 1 is 1.10 bits per heavy atom. The lowest BCUT2D eigenvalue weighted by molar-refractivity contribution is -0.145. The molecule has 6 nitrogen and oxygen atoms in total. The molecule has 3 rings (SSSR count). The predicted octanol–water partition coefficient (Wildman–Crippen LogP) is 4.11. The van der Waals surface area contributed by atoms with E-state index in [0.29, 0.717) is 22.0 Å². The monoisotopic (exact) mass is 428 g/mol. The topological polar surface area (TPSA) is 77.5 Å². The first kappa shape index (κ1) is 21.4. The average molecular weight is 428 g/mol. The maximum absolute atomic E-state index is 12.9. The zero-order chi connectivity index (χ0) is 21.3. The summed E-state index contributed by atoms with van der Waals surface area (Å²) in [4.78, 5) is 28.5. The van der Waals surface area contributed by atoms with Gasteiger partial charge in [0.25, 0.3) is 5.91 Å². The molecular formula is C22H21FN2O4S. The highest BCUT2D eigenvalue weighted by molar-refractivity contribution is 7.09. The molecule has 0 bridgehead atoms. The van der Waals surface area contributed by atoms with E-state index in [0.717, 1.165) is 0 Å². The molecule has 0 aliphatic rings. The number of amides is 1. The molecule has 0 saturated heterocycles. The van der Waals surface area contributed by atoms with E-state index in [4.69, 9.17) is 9.47 Å². The first-order valence-electron chi connectivity index (χ1n) is 9.33. The summed E-state index contributed by atoms with van der Waals surface area (Å²) in [5.74, 6) is -0.435. The lowest BCUT2D eigenvalue weighted by atomic mass is 10.2. The molecule has 0 saturated carbocycles. The fourth-order valence-corrected chi connectivity index (χ4v) is 3.26. The molecule has 2 aromatic carbocycles. The van der Waals surface area contributed by atoms with Gasteiger partial charge >= 0.3 is 5.97 Å². The van der Waals surface area contributed by atoms with Gasteiger partial charge in [-0.3, -0.25) is 9.59 Å². The van der Waals surface area contributed by atoms with Gasteiger partial charge in [0.05, 0.1) is 12.1 Å². The Bertz CT molecular complexity index is 976. The van der Waals surface area contributed by atoms with Crippen molar-refractivity contribution in [3.05, 3.63) is 82.1 Å². The minimum Gasteiger partial charge on any atom is -0.486 e. The fraction of sp³-hybridized carbons (Fsp3) is 0.227. The van der Waals surface area contributed by atoms with E-state index in [-0.39, 0.29) is 37.4 Å². The van der Waals surface area contributed by atoms with Crippen molar-refractivity contribution >= 4 is 23.2 Å². The highest BCUT2D eigenvalue weighted by Gasteiger charge is 2.15. The maximum Gasteiger partial charge on any atom is 0.308 e. The Morgan fingerprint density at radius 3 is 2.57 bits per heavy atom. The van der Waals surface area contributed by atoms with Gasteiger partial charge in [-0.1, -0.05) is 18.2 Å². The van der Waals surface area contributed by atoms with Gasteiger partial charge in [0.2, 0.25) is 0 Å². The number of esters is 1. The molecular weight excluding hydrogens is 407 g/mol. The van der Waals surface area contributed by atoms with E-state index < -0.39 is 5.97 Å². The highest BCUT2D eigenvalue weighted by Crippen LogP contribution is 2.16. The third-order valence-electron chi connectivity index (χ3n) is 4.04. The number of thiazole rings is 1. The summed E-state index contributed by atoms with van der Waals surface area (Å²) in [5, 5.41) is 5.28. The first-order chi connectivity index (χ1) is 14.5. The molecule has 1 aromatic heterocycles. The Kier molecular flexibility index (Phi) is 7.51. The van der Waals surface area contributed by atoms with Crippen molar-refractivity contribution in [1.29, 1.82) is 0 Å². The molecule has 0 aliphatic carbocycles. The van der Waals surface area contributed by atoms with Gasteiger partial charge < -0.3 is 14.8 Å². The van der Waals surface area contributed by atoms with Crippen molar-refractivity contribution in [2.24, 2.45) is 0 Å². The van der Waals surface area contributed by atoms with Crippen LogP contribution in [0, 0.1) is 5.82 Å². The normalized spacial score (nSPS) is 11.5. The number of carbonyl (C=O) groups is 2. The number of halogens is 1. The second-order valence-corrected chi connectivity index (χ2v) is 7.52.